The Labute approximate surface area is 104 Å². The van der Waals surface area contributed by atoms with Gasteiger partial charge < -0.3 is 9.79 Å². The zero-order valence-corrected chi connectivity index (χ0v) is 7.79. The molecule has 0 aliphatic rings. The summed E-state index contributed by atoms with van der Waals surface area (Å²) in [6.07, 6.45) is -0.232. The molecule has 0 amide bonds. The first-order chi connectivity index (χ1) is 5.47. The van der Waals surface area contributed by atoms with Crippen LogP contribution in [0.2, 0.25) is 5.02 Å². The topological polar surface area (TPSA) is 57.5 Å². The van der Waals surface area contributed by atoms with Gasteiger partial charge in [-0.3, -0.25) is 4.57 Å². The molecule has 0 aliphatic heterocycles. The summed E-state index contributed by atoms with van der Waals surface area (Å²) in [4.78, 5) is 17.2. The van der Waals surface area contributed by atoms with Crippen molar-refractivity contribution >= 4 is 48.8 Å². The van der Waals surface area contributed by atoms with Gasteiger partial charge in [-0.2, -0.15) is 0 Å². The third-order valence-electron chi connectivity index (χ3n) is 1.30. The number of hydrogen-bond acceptors (Lipinski definition) is 1. The molecule has 1 aromatic carbocycles. The predicted octanol–water partition coefficient (Wildman–Crippen LogP) is 1.37. The molecule has 0 heterocycles. The fraction of sp³-hybridized carbons (Fsp3) is 0.143. The maximum atomic E-state index is 10.5. The van der Waals surface area contributed by atoms with Crippen LogP contribution in [0, 0.1) is 0 Å². The van der Waals surface area contributed by atoms with E-state index in [2.05, 4.69) is 0 Å². The summed E-state index contributed by atoms with van der Waals surface area (Å²) in [7, 11) is -3.95. The second kappa shape index (κ2) is 5.52. The third-order valence-corrected chi connectivity index (χ3v) is 2.33. The molecule has 6 heteroatoms. The minimum atomic E-state index is -3.95. The molecule has 68 valence electrons. The molecule has 0 bridgehead atoms. The van der Waals surface area contributed by atoms with Crippen molar-refractivity contribution < 1.29 is 14.4 Å². The van der Waals surface area contributed by atoms with Crippen molar-refractivity contribution in [1.29, 1.82) is 0 Å². The third kappa shape index (κ3) is 5.87. The van der Waals surface area contributed by atoms with Crippen molar-refractivity contribution in [2.75, 3.05) is 0 Å². The van der Waals surface area contributed by atoms with Gasteiger partial charge in [-0.25, -0.2) is 0 Å². The van der Waals surface area contributed by atoms with Gasteiger partial charge in [-0.1, -0.05) is 23.7 Å². The van der Waals surface area contributed by atoms with Gasteiger partial charge in [0, 0.05) is 5.02 Å². The second-order valence-electron chi connectivity index (χ2n) is 2.45. The number of rotatable bonds is 2. The standard InChI is InChI=1S/C7H8ClO3P.Na.H/c8-7-3-1-6(2-4-7)5-12(9,10)11;;/h1-4H,5H2,(H2,9,10,11);;. The van der Waals surface area contributed by atoms with E-state index >= 15 is 0 Å². The molecule has 0 atom stereocenters. The van der Waals surface area contributed by atoms with E-state index in [-0.39, 0.29) is 35.7 Å². The Hall–Kier alpha value is 0.660. The zero-order chi connectivity index (χ0) is 9.19. The van der Waals surface area contributed by atoms with Gasteiger partial charge in [0.2, 0.25) is 0 Å². The quantitative estimate of drug-likeness (QED) is 0.596. The molecule has 1 rings (SSSR count). The fourth-order valence-corrected chi connectivity index (χ4v) is 1.64. The van der Waals surface area contributed by atoms with Crippen LogP contribution in [0.5, 0.6) is 0 Å². The monoisotopic (exact) mass is 230 g/mol. The van der Waals surface area contributed by atoms with Crippen LogP contribution < -0.4 is 0 Å². The van der Waals surface area contributed by atoms with Crippen molar-refractivity contribution in [2.24, 2.45) is 0 Å². The van der Waals surface area contributed by atoms with Gasteiger partial charge in [0.05, 0.1) is 6.16 Å². The summed E-state index contributed by atoms with van der Waals surface area (Å²) in [5, 5.41) is 0.560. The van der Waals surface area contributed by atoms with Crippen LogP contribution in [0.25, 0.3) is 0 Å². The van der Waals surface area contributed by atoms with Crippen molar-refractivity contribution in [3.8, 4) is 0 Å². The Bertz CT molecular complexity index is 308. The first kappa shape index (κ1) is 13.7. The Balaban J connectivity index is 0.00000144. The molecule has 0 aromatic heterocycles. The van der Waals surface area contributed by atoms with Crippen LogP contribution >= 0.6 is 19.2 Å². The molecular formula is C7H9ClNaO3P. The van der Waals surface area contributed by atoms with Gasteiger partial charge >= 0.3 is 37.2 Å². The minimum absolute atomic E-state index is 0. The molecule has 1 aromatic rings. The average molecular weight is 231 g/mol. The van der Waals surface area contributed by atoms with E-state index < -0.39 is 7.60 Å². The van der Waals surface area contributed by atoms with Crippen LogP contribution in [0.3, 0.4) is 0 Å². The van der Waals surface area contributed by atoms with Crippen LogP contribution in [-0.4, -0.2) is 39.3 Å². The summed E-state index contributed by atoms with van der Waals surface area (Å²) in [6.45, 7) is 0. The SMILES string of the molecule is O=P(O)(O)Cc1ccc(Cl)cc1.[NaH]. The molecule has 0 saturated carbocycles. The van der Waals surface area contributed by atoms with Gasteiger partial charge in [-0.15, -0.1) is 0 Å². The van der Waals surface area contributed by atoms with Crippen molar-refractivity contribution in [2.45, 2.75) is 6.16 Å². The Morgan fingerprint density at radius 2 is 1.69 bits per heavy atom. The molecule has 13 heavy (non-hydrogen) atoms. The average Bonchev–Trinajstić information content (AvgIpc) is 1.91. The first-order valence-corrected chi connectivity index (χ1v) is 5.44. The van der Waals surface area contributed by atoms with Crippen LogP contribution in [-0.2, 0) is 10.7 Å². The Kier molecular flexibility index (Phi) is 5.80. The number of hydrogen-bond donors (Lipinski definition) is 2. The van der Waals surface area contributed by atoms with Gasteiger partial charge in [0.15, 0.2) is 0 Å². The molecule has 2 N–H and O–H groups in total. The Morgan fingerprint density at radius 1 is 1.23 bits per heavy atom. The summed E-state index contributed by atoms with van der Waals surface area (Å²) in [5.74, 6) is 0. The van der Waals surface area contributed by atoms with Crippen molar-refractivity contribution in [1.82, 2.24) is 0 Å². The molecule has 3 nitrogen and oxygen atoms in total. The van der Waals surface area contributed by atoms with Crippen molar-refractivity contribution in [3.05, 3.63) is 34.9 Å². The summed E-state index contributed by atoms with van der Waals surface area (Å²) in [6, 6.07) is 6.40. The van der Waals surface area contributed by atoms with E-state index in [0.29, 0.717) is 10.6 Å². The molecule has 0 saturated heterocycles. The van der Waals surface area contributed by atoms with Crippen molar-refractivity contribution in [3.63, 3.8) is 0 Å². The maximum absolute atomic E-state index is 10.5. The fourth-order valence-electron chi connectivity index (χ4n) is 0.828. The second-order valence-corrected chi connectivity index (χ2v) is 4.53. The van der Waals surface area contributed by atoms with E-state index in [1.807, 2.05) is 0 Å². The van der Waals surface area contributed by atoms with E-state index in [9.17, 15) is 4.57 Å². The van der Waals surface area contributed by atoms with E-state index in [4.69, 9.17) is 21.4 Å². The van der Waals surface area contributed by atoms with E-state index in [1.54, 1.807) is 24.3 Å². The van der Waals surface area contributed by atoms with E-state index in [1.165, 1.54) is 0 Å². The Morgan fingerprint density at radius 3 is 2.08 bits per heavy atom. The molecular weight excluding hydrogens is 221 g/mol. The molecule has 0 fully saturated rings. The molecule has 0 unspecified atom stereocenters. The van der Waals surface area contributed by atoms with Crippen LogP contribution in [0.1, 0.15) is 5.56 Å². The number of benzene rings is 1. The molecule has 0 spiro atoms. The molecule has 0 radical (unpaired) electrons. The predicted molar refractivity (Wildman–Crippen MR) is 54.3 cm³/mol. The summed E-state index contributed by atoms with van der Waals surface area (Å²) < 4.78 is 10.5. The number of halogens is 1. The zero-order valence-electron chi connectivity index (χ0n) is 6.14. The van der Waals surface area contributed by atoms with E-state index in [0.717, 1.165) is 0 Å². The normalized spacial score (nSPS) is 10.7. The van der Waals surface area contributed by atoms with Gasteiger partial charge in [0.1, 0.15) is 0 Å². The first-order valence-electron chi connectivity index (χ1n) is 3.26. The van der Waals surface area contributed by atoms with Crippen LogP contribution in [0.4, 0.5) is 0 Å². The molecule has 0 aliphatic carbocycles. The van der Waals surface area contributed by atoms with Gasteiger partial charge in [-0.05, 0) is 17.7 Å². The summed E-state index contributed by atoms with van der Waals surface area (Å²) >= 11 is 5.59. The van der Waals surface area contributed by atoms with Gasteiger partial charge in [0.25, 0.3) is 0 Å². The van der Waals surface area contributed by atoms with Crippen LogP contribution in [0.15, 0.2) is 24.3 Å². The summed E-state index contributed by atoms with van der Waals surface area (Å²) in [5.41, 5.74) is 0.590.